The number of amides is 5. The van der Waals surface area contributed by atoms with Gasteiger partial charge in [-0.25, -0.2) is 0 Å². The van der Waals surface area contributed by atoms with Crippen LogP contribution in [-0.4, -0.2) is 101 Å². The SMILES string of the molecule is COC(=O)CC(=O)[C@H](C)NC(=O)[C@@H]1Cc2ccc(O)c(c2)-c2cc(ccc2O)[C@H](N(C)C(=O)[C@H](CCCCN)NC(=O)c2ccc(-c3ccc(Cl)cc3)cc2)C(=O)N[C@@H](C)C(=O)N1. The van der Waals surface area contributed by atoms with Crippen molar-refractivity contribution in [2.45, 2.75) is 76.2 Å². The molecule has 0 fully saturated rings. The van der Waals surface area contributed by atoms with Gasteiger partial charge in [-0.15, -0.1) is 0 Å². The minimum absolute atomic E-state index is 0.0810. The summed E-state index contributed by atoms with van der Waals surface area (Å²) in [6.45, 7) is 3.09. The summed E-state index contributed by atoms with van der Waals surface area (Å²) in [5.41, 5.74) is 8.58. The molecule has 332 valence electrons. The third kappa shape index (κ3) is 12.0. The molecule has 1 aliphatic rings. The number of carbonyl (C=O) groups excluding carboxylic acids is 7. The fourth-order valence-corrected chi connectivity index (χ4v) is 7.22. The molecule has 0 radical (unpaired) electrons. The number of Topliss-reactive ketones (excluding diaryl/α,β-unsaturated/α-hetero) is 1. The van der Waals surface area contributed by atoms with Crippen LogP contribution in [0.25, 0.3) is 22.3 Å². The highest BCUT2D eigenvalue weighted by molar-refractivity contribution is 6.30. The van der Waals surface area contributed by atoms with E-state index in [4.69, 9.17) is 17.3 Å². The molecule has 16 nitrogen and oxygen atoms in total. The predicted molar refractivity (Wildman–Crippen MR) is 234 cm³/mol. The van der Waals surface area contributed by atoms with Gasteiger partial charge in [0.15, 0.2) is 5.78 Å². The molecule has 5 rings (SSSR count). The summed E-state index contributed by atoms with van der Waals surface area (Å²) in [5, 5.41) is 33.4. The van der Waals surface area contributed by atoms with E-state index in [-0.39, 0.29) is 46.6 Å². The Bertz CT molecular complexity index is 2360. The minimum Gasteiger partial charge on any atom is -0.507 e. The van der Waals surface area contributed by atoms with Crippen molar-refractivity contribution in [1.82, 2.24) is 26.2 Å². The minimum atomic E-state index is -1.46. The lowest BCUT2D eigenvalue weighted by molar-refractivity contribution is -0.144. The summed E-state index contributed by atoms with van der Waals surface area (Å²) in [6.07, 6.45) is 0.409. The summed E-state index contributed by atoms with van der Waals surface area (Å²) < 4.78 is 4.55. The van der Waals surface area contributed by atoms with Crippen LogP contribution >= 0.6 is 11.6 Å². The lowest BCUT2D eigenvalue weighted by atomic mass is 9.93. The molecule has 0 aromatic heterocycles. The highest BCUT2D eigenvalue weighted by atomic mass is 35.5. The average molecular weight is 883 g/mol. The van der Waals surface area contributed by atoms with Crippen LogP contribution in [0.15, 0.2) is 84.9 Å². The number of likely N-dealkylation sites (N-methyl/N-ethyl adjacent to an activating group) is 1. The van der Waals surface area contributed by atoms with Crippen LogP contribution < -0.4 is 27.0 Å². The first-order valence-corrected chi connectivity index (χ1v) is 20.7. The van der Waals surface area contributed by atoms with Gasteiger partial charge in [0.2, 0.25) is 23.6 Å². The van der Waals surface area contributed by atoms with Gasteiger partial charge >= 0.3 is 5.97 Å². The standard InChI is InChI=1S/C46H51ClN6O10/c1-25(39(56)24-40(57)63-4)49-44(60)36-22-27-8-18-37(54)33(21-27)34-23-31(15-19-38(34)55)41(45(61)50-26(2)42(58)52-36)53(3)46(62)35(7-5-6-20-48)51-43(59)30-11-9-28(10-12-30)29-13-16-32(47)17-14-29/h8-19,21,23,25-26,35-36,41,54-55H,5-7,20,22,24,48H2,1-4H3,(H,49,60)(H,50,61)(H,51,59)(H,52,58)/t25-,26-,35-,36-,41-/m0/s1. The van der Waals surface area contributed by atoms with E-state index in [0.29, 0.717) is 30.0 Å². The Hall–Kier alpha value is -6.78. The van der Waals surface area contributed by atoms with Crippen molar-refractivity contribution >= 4 is 52.9 Å². The number of nitrogens with one attached hydrogen (secondary N) is 4. The van der Waals surface area contributed by atoms with Gasteiger partial charge in [0, 0.05) is 35.2 Å². The molecule has 0 saturated heterocycles. The molecular formula is C46H51ClN6O10. The fraction of sp³-hybridized carbons (Fsp3) is 0.326. The molecule has 8 N–H and O–H groups in total. The van der Waals surface area contributed by atoms with Crippen molar-refractivity contribution in [3.8, 4) is 33.8 Å². The number of phenolic OH excluding ortho intramolecular Hbond substituents is 2. The van der Waals surface area contributed by atoms with Crippen LogP contribution in [0.3, 0.4) is 0 Å². The number of benzene rings is 4. The molecule has 63 heavy (non-hydrogen) atoms. The summed E-state index contributed by atoms with van der Waals surface area (Å²) in [7, 11) is 2.49. The first kappa shape index (κ1) is 47.3. The Morgan fingerprint density at radius 3 is 2.11 bits per heavy atom. The molecule has 4 aromatic rings. The van der Waals surface area contributed by atoms with Gasteiger partial charge in [0.25, 0.3) is 5.91 Å². The van der Waals surface area contributed by atoms with Crippen molar-refractivity contribution in [2.24, 2.45) is 5.73 Å². The Morgan fingerprint density at radius 2 is 1.48 bits per heavy atom. The van der Waals surface area contributed by atoms with E-state index in [1.165, 1.54) is 57.3 Å². The zero-order valence-electron chi connectivity index (χ0n) is 35.3. The molecule has 1 heterocycles. The summed E-state index contributed by atoms with van der Waals surface area (Å²) in [6, 6.07) is 16.2. The molecule has 1 aliphatic heterocycles. The number of fused-ring (bicyclic) bond motifs is 5. The normalized spacial score (nSPS) is 17.1. The molecule has 4 bridgehead atoms. The number of hydrogen-bond acceptors (Lipinski definition) is 11. The maximum atomic E-state index is 14.6. The van der Waals surface area contributed by atoms with Crippen LogP contribution in [0.1, 0.15) is 67.1 Å². The van der Waals surface area contributed by atoms with E-state index in [0.717, 1.165) is 23.1 Å². The van der Waals surface area contributed by atoms with Crippen molar-refractivity contribution in [3.05, 3.63) is 107 Å². The van der Waals surface area contributed by atoms with E-state index in [1.54, 1.807) is 36.4 Å². The largest absolute Gasteiger partial charge is 0.507 e. The molecule has 17 heteroatoms. The quantitative estimate of drug-likeness (QED) is 0.0547. The Kier molecular flexibility index (Phi) is 16.0. The molecule has 5 atom stereocenters. The van der Waals surface area contributed by atoms with Crippen LogP contribution in [-0.2, 0) is 39.9 Å². The summed E-state index contributed by atoms with van der Waals surface area (Å²) >= 11 is 6.04. The topological polar surface area (TPSA) is 247 Å². The van der Waals surface area contributed by atoms with Gasteiger partial charge in [-0.2, -0.15) is 0 Å². The second-order valence-corrected chi connectivity index (χ2v) is 15.8. The van der Waals surface area contributed by atoms with Gasteiger partial charge in [0.05, 0.1) is 13.2 Å². The van der Waals surface area contributed by atoms with Gasteiger partial charge in [-0.3, -0.25) is 33.6 Å². The summed E-state index contributed by atoms with van der Waals surface area (Å²) in [4.78, 5) is 95.5. The Morgan fingerprint density at radius 1 is 0.857 bits per heavy atom. The number of esters is 1. The van der Waals surface area contributed by atoms with Crippen molar-refractivity contribution in [3.63, 3.8) is 0 Å². The predicted octanol–water partition coefficient (Wildman–Crippen LogP) is 3.69. The van der Waals surface area contributed by atoms with Gasteiger partial charge in [0.1, 0.15) is 42.1 Å². The van der Waals surface area contributed by atoms with E-state index in [9.17, 15) is 43.8 Å². The average Bonchev–Trinajstić information content (AvgIpc) is 3.26. The van der Waals surface area contributed by atoms with Crippen molar-refractivity contribution in [1.29, 1.82) is 0 Å². The summed E-state index contributed by atoms with van der Waals surface area (Å²) in [5.74, 6) is -5.58. The van der Waals surface area contributed by atoms with Crippen LogP contribution in [0, 0.1) is 0 Å². The zero-order chi connectivity index (χ0) is 46.0. The molecule has 0 saturated carbocycles. The fourth-order valence-electron chi connectivity index (χ4n) is 7.10. The highest BCUT2D eigenvalue weighted by Gasteiger charge is 2.36. The third-order valence-corrected chi connectivity index (χ3v) is 11.0. The van der Waals surface area contributed by atoms with Crippen molar-refractivity contribution in [2.75, 3.05) is 20.7 Å². The number of ether oxygens (including phenoxy) is 1. The second kappa shape index (κ2) is 21.3. The maximum absolute atomic E-state index is 14.6. The Labute approximate surface area is 369 Å². The number of nitrogens with two attached hydrogens (primary N) is 1. The number of ketones is 1. The number of unbranched alkanes of at least 4 members (excludes halogenated alkanes) is 1. The van der Waals surface area contributed by atoms with Crippen molar-refractivity contribution < 1.29 is 48.5 Å². The number of rotatable bonds is 14. The lowest BCUT2D eigenvalue weighted by Gasteiger charge is -2.32. The maximum Gasteiger partial charge on any atom is 0.313 e. The molecule has 4 aromatic carbocycles. The lowest BCUT2D eigenvalue weighted by Crippen LogP contribution is -2.57. The van der Waals surface area contributed by atoms with E-state index in [2.05, 4.69) is 26.0 Å². The first-order valence-electron chi connectivity index (χ1n) is 20.3. The second-order valence-electron chi connectivity index (χ2n) is 15.3. The zero-order valence-corrected chi connectivity index (χ0v) is 36.0. The number of nitrogens with zero attached hydrogens (tertiary/aromatic N) is 1. The van der Waals surface area contributed by atoms with Crippen LogP contribution in [0.2, 0.25) is 5.02 Å². The highest BCUT2D eigenvalue weighted by Crippen LogP contribution is 2.39. The van der Waals surface area contributed by atoms with Gasteiger partial charge in [-0.05, 0) is 110 Å². The molecule has 0 spiro atoms. The van der Waals surface area contributed by atoms with E-state index < -0.39 is 77.9 Å². The number of carbonyl (C=O) groups is 7. The van der Waals surface area contributed by atoms with E-state index in [1.807, 2.05) is 12.1 Å². The number of methoxy groups -OCH3 is 1. The first-order chi connectivity index (χ1) is 30.0. The number of halogens is 1. The molecule has 0 aliphatic carbocycles. The monoisotopic (exact) mass is 882 g/mol. The number of hydrogen-bond donors (Lipinski definition) is 7. The van der Waals surface area contributed by atoms with Gasteiger partial charge < -0.3 is 46.9 Å². The van der Waals surface area contributed by atoms with E-state index >= 15 is 0 Å². The third-order valence-electron chi connectivity index (χ3n) is 10.8. The van der Waals surface area contributed by atoms with Crippen LogP contribution in [0.5, 0.6) is 11.5 Å². The Balaban J connectivity index is 1.48. The number of aromatic hydroxyl groups is 2. The molecule has 0 unspecified atom stereocenters. The van der Waals surface area contributed by atoms with Gasteiger partial charge in [-0.1, -0.05) is 48.0 Å². The smallest absolute Gasteiger partial charge is 0.313 e. The molecule has 5 amide bonds. The van der Waals surface area contributed by atoms with Crippen LogP contribution in [0.4, 0.5) is 0 Å². The molecular weight excluding hydrogens is 832 g/mol. The number of phenols is 2.